The molecule has 1 rings (SSSR count). The molecule has 13 heavy (non-hydrogen) atoms. The molecule has 0 saturated carbocycles. The molecule has 1 fully saturated rings. The third-order valence-electron chi connectivity index (χ3n) is 2.15. The largest absolute Gasteiger partial charge is 0.460 e. The van der Waals surface area contributed by atoms with Crippen LogP contribution in [0.1, 0.15) is 0 Å². The van der Waals surface area contributed by atoms with Gasteiger partial charge in [-0.25, -0.2) is 0 Å². The standard InChI is InChI=1S/C7H13NO5/c9-2-4-6(11)7(12)5(1-8-4)13-3-10/h3-9,11-12H,1-2H2/t4-,5+,6-,7-/m1/s1. The van der Waals surface area contributed by atoms with Crippen LogP contribution < -0.4 is 5.32 Å². The molecular formula is C7H13NO5. The van der Waals surface area contributed by atoms with Gasteiger partial charge in [0.15, 0.2) is 0 Å². The number of hydrogen-bond donors (Lipinski definition) is 4. The zero-order valence-corrected chi connectivity index (χ0v) is 6.96. The maximum Gasteiger partial charge on any atom is 0.293 e. The highest BCUT2D eigenvalue weighted by atomic mass is 16.5. The van der Waals surface area contributed by atoms with E-state index in [1.807, 2.05) is 0 Å². The van der Waals surface area contributed by atoms with Crippen molar-refractivity contribution in [3.8, 4) is 0 Å². The van der Waals surface area contributed by atoms with E-state index in [0.29, 0.717) is 0 Å². The van der Waals surface area contributed by atoms with Gasteiger partial charge in [0.25, 0.3) is 6.47 Å². The smallest absolute Gasteiger partial charge is 0.293 e. The van der Waals surface area contributed by atoms with E-state index in [4.69, 9.17) is 5.11 Å². The second-order valence-electron chi connectivity index (χ2n) is 2.95. The van der Waals surface area contributed by atoms with Crippen molar-refractivity contribution in [1.29, 1.82) is 0 Å². The van der Waals surface area contributed by atoms with Crippen molar-refractivity contribution in [2.75, 3.05) is 13.2 Å². The first-order valence-electron chi connectivity index (χ1n) is 4.00. The summed E-state index contributed by atoms with van der Waals surface area (Å²) >= 11 is 0. The minimum atomic E-state index is -1.15. The number of ether oxygens (including phenoxy) is 1. The minimum absolute atomic E-state index is 0.224. The SMILES string of the molecule is O=CO[C@H]1CN[C@H](CO)[C@@H](O)[C@@H]1O. The van der Waals surface area contributed by atoms with E-state index in [1.54, 1.807) is 0 Å². The van der Waals surface area contributed by atoms with Gasteiger partial charge >= 0.3 is 0 Å². The molecule has 0 amide bonds. The summed E-state index contributed by atoms with van der Waals surface area (Å²) in [5.74, 6) is 0. The molecule has 6 nitrogen and oxygen atoms in total. The van der Waals surface area contributed by atoms with Crippen LogP contribution in [0.15, 0.2) is 0 Å². The van der Waals surface area contributed by atoms with Crippen molar-refractivity contribution in [3.63, 3.8) is 0 Å². The molecule has 1 aliphatic heterocycles. The molecule has 0 aromatic heterocycles. The summed E-state index contributed by atoms with van der Waals surface area (Å²) in [6.07, 6.45) is -3.03. The van der Waals surface area contributed by atoms with Gasteiger partial charge < -0.3 is 25.4 Å². The Kier molecular flexibility index (Phi) is 3.61. The van der Waals surface area contributed by atoms with E-state index in [0.717, 1.165) is 0 Å². The topological polar surface area (TPSA) is 99.0 Å². The molecular weight excluding hydrogens is 178 g/mol. The highest BCUT2D eigenvalue weighted by Gasteiger charge is 2.37. The van der Waals surface area contributed by atoms with Crippen molar-refractivity contribution in [2.24, 2.45) is 0 Å². The Morgan fingerprint density at radius 3 is 2.69 bits per heavy atom. The zero-order valence-electron chi connectivity index (χ0n) is 6.96. The molecule has 4 N–H and O–H groups in total. The summed E-state index contributed by atoms with van der Waals surface area (Å²) in [5, 5.41) is 30.2. The van der Waals surface area contributed by atoms with Crippen LogP contribution in [-0.2, 0) is 9.53 Å². The third kappa shape index (κ3) is 2.16. The van der Waals surface area contributed by atoms with Gasteiger partial charge in [0, 0.05) is 6.54 Å². The molecule has 0 radical (unpaired) electrons. The first-order chi connectivity index (χ1) is 6.20. The number of hydrogen-bond acceptors (Lipinski definition) is 6. The van der Waals surface area contributed by atoms with Crippen molar-refractivity contribution in [3.05, 3.63) is 0 Å². The number of rotatable bonds is 3. The number of nitrogens with one attached hydrogen (secondary N) is 1. The Bertz CT molecular complexity index is 176. The second-order valence-corrected chi connectivity index (χ2v) is 2.95. The van der Waals surface area contributed by atoms with E-state index < -0.39 is 24.4 Å². The molecule has 0 aliphatic carbocycles. The molecule has 76 valence electrons. The van der Waals surface area contributed by atoms with E-state index in [2.05, 4.69) is 10.1 Å². The van der Waals surface area contributed by atoms with Crippen LogP contribution in [0.2, 0.25) is 0 Å². The van der Waals surface area contributed by atoms with E-state index in [-0.39, 0.29) is 19.6 Å². The molecule has 0 unspecified atom stereocenters. The molecule has 1 heterocycles. The lowest BCUT2D eigenvalue weighted by Gasteiger charge is -2.36. The van der Waals surface area contributed by atoms with Crippen LogP contribution in [-0.4, -0.2) is 59.3 Å². The van der Waals surface area contributed by atoms with Gasteiger partial charge in [-0.3, -0.25) is 4.79 Å². The lowest BCUT2D eigenvalue weighted by molar-refractivity contribution is -0.152. The number of aliphatic hydroxyl groups is 3. The Balaban J connectivity index is 2.53. The zero-order chi connectivity index (χ0) is 9.84. The van der Waals surface area contributed by atoms with Gasteiger partial charge in [-0.1, -0.05) is 0 Å². The Hall–Kier alpha value is -0.690. The lowest BCUT2D eigenvalue weighted by Crippen LogP contribution is -2.61. The van der Waals surface area contributed by atoms with Crippen molar-refractivity contribution >= 4 is 6.47 Å². The maximum absolute atomic E-state index is 9.98. The van der Waals surface area contributed by atoms with Crippen LogP contribution in [0.4, 0.5) is 0 Å². The Labute approximate surface area is 75.1 Å². The van der Waals surface area contributed by atoms with Gasteiger partial charge in [-0.2, -0.15) is 0 Å². The molecule has 0 spiro atoms. The maximum atomic E-state index is 9.98. The average Bonchev–Trinajstić information content (AvgIpc) is 2.14. The molecule has 1 saturated heterocycles. The van der Waals surface area contributed by atoms with Gasteiger partial charge in [-0.15, -0.1) is 0 Å². The molecule has 0 aromatic carbocycles. The van der Waals surface area contributed by atoms with Crippen LogP contribution in [0.5, 0.6) is 0 Å². The summed E-state index contributed by atoms with van der Waals surface area (Å²) in [7, 11) is 0. The fourth-order valence-electron chi connectivity index (χ4n) is 1.34. The Morgan fingerprint density at radius 2 is 2.15 bits per heavy atom. The fraction of sp³-hybridized carbons (Fsp3) is 0.857. The third-order valence-corrected chi connectivity index (χ3v) is 2.15. The highest BCUT2D eigenvalue weighted by Crippen LogP contribution is 2.12. The normalized spacial score (nSPS) is 39.9. The summed E-state index contributed by atoms with van der Waals surface area (Å²) in [6.45, 7) is 0.176. The Morgan fingerprint density at radius 1 is 1.46 bits per heavy atom. The van der Waals surface area contributed by atoms with Gasteiger partial charge in [-0.05, 0) is 0 Å². The monoisotopic (exact) mass is 191 g/mol. The molecule has 4 atom stereocenters. The van der Waals surface area contributed by atoms with Crippen LogP contribution in [0, 0.1) is 0 Å². The number of piperidine rings is 1. The van der Waals surface area contributed by atoms with E-state index in [9.17, 15) is 15.0 Å². The van der Waals surface area contributed by atoms with Crippen LogP contribution in [0.3, 0.4) is 0 Å². The van der Waals surface area contributed by atoms with Gasteiger partial charge in [0.05, 0.1) is 12.6 Å². The fourth-order valence-corrected chi connectivity index (χ4v) is 1.34. The average molecular weight is 191 g/mol. The second kappa shape index (κ2) is 4.52. The van der Waals surface area contributed by atoms with Crippen molar-refractivity contribution < 1.29 is 24.9 Å². The lowest BCUT2D eigenvalue weighted by atomic mass is 9.96. The number of carbonyl (C=O) groups excluding carboxylic acids is 1. The minimum Gasteiger partial charge on any atom is -0.460 e. The van der Waals surface area contributed by atoms with E-state index >= 15 is 0 Å². The summed E-state index contributed by atoms with van der Waals surface area (Å²) in [4.78, 5) is 9.98. The van der Waals surface area contributed by atoms with Crippen LogP contribution in [0.25, 0.3) is 0 Å². The predicted octanol–water partition coefficient (Wildman–Crippen LogP) is -2.79. The predicted molar refractivity (Wildman–Crippen MR) is 41.8 cm³/mol. The summed E-state index contributed by atoms with van der Waals surface area (Å²) in [5.41, 5.74) is 0. The molecule has 6 heteroatoms. The van der Waals surface area contributed by atoms with Crippen LogP contribution >= 0.6 is 0 Å². The molecule has 0 bridgehead atoms. The molecule has 1 aliphatic rings. The highest BCUT2D eigenvalue weighted by molar-refractivity contribution is 5.37. The van der Waals surface area contributed by atoms with Crippen molar-refractivity contribution in [2.45, 2.75) is 24.4 Å². The van der Waals surface area contributed by atoms with Gasteiger partial charge in [0.2, 0.25) is 0 Å². The quantitative estimate of drug-likeness (QED) is 0.360. The van der Waals surface area contributed by atoms with E-state index in [1.165, 1.54) is 0 Å². The number of aliphatic hydroxyl groups excluding tert-OH is 3. The summed E-state index contributed by atoms with van der Waals surface area (Å²) in [6, 6.07) is -0.568. The first kappa shape index (κ1) is 10.4. The number of carbonyl (C=O) groups is 1. The summed E-state index contributed by atoms with van der Waals surface area (Å²) < 4.78 is 4.52. The van der Waals surface area contributed by atoms with Gasteiger partial charge in [0.1, 0.15) is 18.3 Å². The first-order valence-corrected chi connectivity index (χ1v) is 4.00. The van der Waals surface area contributed by atoms with Crippen molar-refractivity contribution in [1.82, 2.24) is 5.32 Å². The molecule has 0 aromatic rings.